The summed E-state index contributed by atoms with van der Waals surface area (Å²) in [7, 11) is 1.55. The molecule has 15 heavy (non-hydrogen) atoms. The number of benzene rings is 1. The van der Waals surface area contributed by atoms with Crippen LogP contribution in [-0.2, 0) is 11.2 Å². The van der Waals surface area contributed by atoms with Crippen molar-refractivity contribution in [3.05, 3.63) is 34.9 Å². The average Bonchev–Trinajstić information content (AvgIpc) is 2.55. The predicted octanol–water partition coefficient (Wildman–Crippen LogP) is -2.47. The minimum Gasteiger partial charge on any atom is -0.872 e. The molecule has 0 saturated heterocycles. The molecule has 0 atom stereocenters. The Balaban J connectivity index is 0.00000112. The Kier molecular flexibility index (Phi) is 3.97. The molecule has 0 radical (unpaired) electrons. The van der Waals surface area contributed by atoms with E-state index in [9.17, 15) is 9.90 Å². The second kappa shape index (κ2) is 4.84. The van der Waals surface area contributed by atoms with Gasteiger partial charge in [-0.15, -0.1) is 0 Å². The minimum absolute atomic E-state index is 0. The van der Waals surface area contributed by atoms with E-state index < -0.39 is 0 Å². The van der Waals surface area contributed by atoms with Crippen LogP contribution in [-0.4, -0.2) is 13.4 Å². The SMILES string of the molecule is COc1ccc2c(c1)C([O-])=C(C=O)C2.[Na+]. The van der Waals surface area contributed by atoms with Gasteiger partial charge in [0.15, 0.2) is 0 Å². The van der Waals surface area contributed by atoms with Gasteiger partial charge in [-0.25, -0.2) is 0 Å². The summed E-state index contributed by atoms with van der Waals surface area (Å²) in [6, 6.07) is 5.29. The second-order valence-electron chi connectivity index (χ2n) is 3.17. The zero-order chi connectivity index (χ0) is 10.1. The first kappa shape index (κ1) is 12.3. The summed E-state index contributed by atoms with van der Waals surface area (Å²) in [5.74, 6) is 0.471. The van der Waals surface area contributed by atoms with E-state index in [0.717, 1.165) is 5.56 Å². The first-order chi connectivity index (χ1) is 6.76. The van der Waals surface area contributed by atoms with Gasteiger partial charge in [0.1, 0.15) is 12.0 Å². The third-order valence-electron chi connectivity index (χ3n) is 2.38. The summed E-state index contributed by atoms with van der Waals surface area (Å²) < 4.78 is 5.01. The van der Waals surface area contributed by atoms with Crippen LogP contribution in [0.1, 0.15) is 11.1 Å². The van der Waals surface area contributed by atoms with Crippen molar-refractivity contribution in [1.29, 1.82) is 0 Å². The number of aldehydes is 1. The van der Waals surface area contributed by atoms with Gasteiger partial charge in [0.25, 0.3) is 0 Å². The first-order valence-corrected chi connectivity index (χ1v) is 4.29. The van der Waals surface area contributed by atoms with Gasteiger partial charge in [0.05, 0.1) is 7.11 Å². The van der Waals surface area contributed by atoms with Crippen molar-refractivity contribution in [3.63, 3.8) is 0 Å². The van der Waals surface area contributed by atoms with Crippen molar-refractivity contribution in [2.45, 2.75) is 6.42 Å². The van der Waals surface area contributed by atoms with Crippen molar-refractivity contribution < 1.29 is 44.2 Å². The van der Waals surface area contributed by atoms with Crippen LogP contribution >= 0.6 is 0 Å². The Morgan fingerprint density at radius 3 is 2.80 bits per heavy atom. The maximum absolute atomic E-state index is 11.6. The summed E-state index contributed by atoms with van der Waals surface area (Å²) >= 11 is 0. The Bertz CT molecular complexity index is 424. The van der Waals surface area contributed by atoms with E-state index in [-0.39, 0.29) is 35.3 Å². The number of carbonyl (C=O) groups is 1. The first-order valence-electron chi connectivity index (χ1n) is 4.29. The van der Waals surface area contributed by atoms with E-state index in [4.69, 9.17) is 4.74 Å². The molecular weight excluding hydrogens is 203 g/mol. The number of allylic oxidation sites excluding steroid dienone is 1. The molecule has 0 heterocycles. The number of rotatable bonds is 2. The molecule has 0 bridgehead atoms. The molecule has 0 unspecified atom stereocenters. The van der Waals surface area contributed by atoms with Gasteiger partial charge >= 0.3 is 29.6 Å². The number of fused-ring (bicyclic) bond motifs is 1. The van der Waals surface area contributed by atoms with E-state index in [1.54, 1.807) is 19.2 Å². The Morgan fingerprint density at radius 2 is 2.20 bits per heavy atom. The molecule has 0 saturated carbocycles. The summed E-state index contributed by atoms with van der Waals surface area (Å²) in [6.45, 7) is 0. The van der Waals surface area contributed by atoms with Gasteiger partial charge in [-0.2, -0.15) is 0 Å². The van der Waals surface area contributed by atoms with Crippen LogP contribution in [0.3, 0.4) is 0 Å². The Hall–Kier alpha value is -0.770. The van der Waals surface area contributed by atoms with Crippen molar-refractivity contribution in [2.24, 2.45) is 0 Å². The predicted molar refractivity (Wildman–Crippen MR) is 49.7 cm³/mol. The smallest absolute Gasteiger partial charge is 0.872 e. The Morgan fingerprint density at radius 1 is 1.47 bits per heavy atom. The van der Waals surface area contributed by atoms with E-state index in [1.807, 2.05) is 6.07 Å². The van der Waals surface area contributed by atoms with E-state index in [2.05, 4.69) is 0 Å². The van der Waals surface area contributed by atoms with Gasteiger partial charge in [-0.3, -0.25) is 4.79 Å². The van der Waals surface area contributed by atoms with Crippen LogP contribution in [0.2, 0.25) is 0 Å². The molecule has 1 aromatic rings. The zero-order valence-electron chi connectivity index (χ0n) is 8.74. The Labute approximate surface area is 110 Å². The molecule has 0 aromatic heterocycles. The molecule has 3 nitrogen and oxygen atoms in total. The fourth-order valence-corrected chi connectivity index (χ4v) is 1.60. The van der Waals surface area contributed by atoms with E-state index >= 15 is 0 Å². The van der Waals surface area contributed by atoms with Crippen molar-refractivity contribution in [2.75, 3.05) is 7.11 Å². The molecule has 0 amide bonds. The summed E-state index contributed by atoms with van der Waals surface area (Å²) in [6.07, 6.45) is 1.08. The number of hydrogen-bond donors (Lipinski definition) is 0. The fraction of sp³-hybridized carbons (Fsp3) is 0.182. The van der Waals surface area contributed by atoms with Crippen molar-refractivity contribution in [1.82, 2.24) is 0 Å². The van der Waals surface area contributed by atoms with Crippen molar-refractivity contribution in [3.8, 4) is 5.75 Å². The van der Waals surface area contributed by atoms with Gasteiger partial charge in [0.2, 0.25) is 0 Å². The number of ether oxygens (including phenoxy) is 1. The molecule has 2 rings (SSSR count). The van der Waals surface area contributed by atoms with E-state index in [1.165, 1.54) is 0 Å². The monoisotopic (exact) mass is 212 g/mol. The number of methoxy groups -OCH3 is 1. The summed E-state index contributed by atoms with van der Waals surface area (Å²) in [4.78, 5) is 10.6. The largest absolute Gasteiger partial charge is 1.00 e. The molecular formula is C11H9NaO3. The molecule has 0 fully saturated rings. The zero-order valence-corrected chi connectivity index (χ0v) is 10.7. The second-order valence-corrected chi connectivity index (χ2v) is 3.17. The normalized spacial score (nSPS) is 13.1. The van der Waals surface area contributed by atoms with Crippen molar-refractivity contribution >= 4 is 12.0 Å². The fourth-order valence-electron chi connectivity index (χ4n) is 1.60. The number of carbonyl (C=O) groups excluding carboxylic acids is 1. The van der Waals surface area contributed by atoms with Gasteiger partial charge < -0.3 is 9.84 Å². The summed E-state index contributed by atoms with van der Waals surface area (Å²) in [5, 5.41) is 11.6. The average molecular weight is 212 g/mol. The topological polar surface area (TPSA) is 49.4 Å². The molecule has 72 valence electrons. The van der Waals surface area contributed by atoms with Gasteiger partial charge in [-0.05, 0) is 28.8 Å². The summed E-state index contributed by atoms with van der Waals surface area (Å²) in [5.41, 5.74) is 1.82. The third-order valence-corrected chi connectivity index (χ3v) is 2.38. The standard InChI is InChI=1S/C11H10O3.Na/c1-14-9-3-2-7-4-8(6-12)11(13)10(7)5-9;/h2-3,5-6,13H,4H2,1H3;/q;+1/p-1. The van der Waals surface area contributed by atoms with Gasteiger partial charge in [-0.1, -0.05) is 11.8 Å². The van der Waals surface area contributed by atoms with Crippen LogP contribution in [0, 0.1) is 0 Å². The maximum Gasteiger partial charge on any atom is 1.00 e. The quantitative estimate of drug-likeness (QED) is 0.403. The van der Waals surface area contributed by atoms with Gasteiger partial charge in [0, 0.05) is 6.42 Å². The molecule has 4 heteroatoms. The molecule has 1 aliphatic carbocycles. The van der Waals surface area contributed by atoms with Crippen LogP contribution in [0.15, 0.2) is 23.8 Å². The van der Waals surface area contributed by atoms with Crippen LogP contribution < -0.4 is 39.4 Å². The molecule has 0 N–H and O–H groups in total. The van der Waals surface area contributed by atoms with Crippen LogP contribution in [0.4, 0.5) is 0 Å². The molecule has 1 aromatic carbocycles. The van der Waals surface area contributed by atoms with Crippen LogP contribution in [0.5, 0.6) is 5.75 Å². The maximum atomic E-state index is 11.6. The van der Waals surface area contributed by atoms with Crippen LogP contribution in [0.25, 0.3) is 5.76 Å². The minimum atomic E-state index is -0.172. The third kappa shape index (κ3) is 2.09. The molecule has 1 aliphatic rings. The molecule has 0 spiro atoms. The number of hydrogen-bond acceptors (Lipinski definition) is 3. The molecule has 0 aliphatic heterocycles. The van der Waals surface area contributed by atoms with E-state index in [0.29, 0.717) is 29.6 Å².